The minimum absolute atomic E-state index is 0.289. The van der Waals surface area contributed by atoms with Crippen LogP contribution in [0.3, 0.4) is 0 Å². The number of amides is 1. The Kier molecular flexibility index (Phi) is 5.16. The van der Waals surface area contributed by atoms with Crippen LogP contribution in [0.2, 0.25) is 0 Å². The number of benzene rings is 3. The van der Waals surface area contributed by atoms with Crippen molar-refractivity contribution in [3.8, 4) is 5.75 Å². The minimum Gasteiger partial charge on any atom is -0.497 e. The van der Waals surface area contributed by atoms with Gasteiger partial charge in [0.2, 0.25) is 0 Å². The summed E-state index contributed by atoms with van der Waals surface area (Å²) in [6.07, 6.45) is 3.16. The third kappa shape index (κ3) is 3.78. The predicted octanol–water partition coefficient (Wildman–Crippen LogP) is 2.95. The van der Waals surface area contributed by atoms with Gasteiger partial charge >= 0.3 is 0 Å². The lowest BCUT2D eigenvalue weighted by Gasteiger charge is -2.19. The van der Waals surface area contributed by atoms with Gasteiger partial charge in [0.1, 0.15) is 11.7 Å². The number of para-hydroxylation sites is 1. The zero-order valence-corrected chi connectivity index (χ0v) is 15.9. The number of nitrogens with zero attached hydrogens (tertiary/aromatic N) is 1. The van der Waals surface area contributed by atoms with Crippen molar-refractivity contribution in [2.24, 2.45) is 10.9 Å². The van der Waals surface area contributed by atoms with E-state index in [0.29, 0.717) is 10.9 Å². The SMILES string of the molecule is COc1ccc(/C=C/C(=O)C2C(=O)N=c3ccccc3=C2c2ccccc2)cc1. The molecule has 0 aliphatic carbocycles. The molecule has 0 saturated heterocycles. The first-order valence-corrected chi connectivity index (χ1v) is 9.30. The Balaban J connectivity index is 1.77. The summed E-state index contributed by atoms with van der Waals surface area (Å²) >= 11 is 0. The topological polar surface area (TPSA) is 55.7 Å². The van der Waals surface area contributed by atoms with Gasteiger partial charge in [-0.3, -0.25) is 9.59 Å². The van der Waals surface area contributed by atoms with Crippen molar-refractivity contribution in [3.05, 3.63) is 107 Å². The highest BCUT2D eigenvalue weighted by molar-refractivity contribution is 6.17. The van der Waals surface area contributed by atoms with Crippen molar-refractivity contribution in [2.45, 2.75) is 0 Å². The fraction of sp³-hybridized carbons (Fsp3) is 0.0800. The van der Waals surface area contributed by atoms with Crippen molar-refractivity contribution in [1.29, 1.82) is 0 Å². The van der Waals surface area contributed by atoms with E-state index in [1.165, 1.54) is 6.08 Å². The summed E-state index contributed by atoms with van der Waals surface area (Å²) in [4.78, 5) is 30.1. The fourth-order valence-electron chi connectivity index (χ4n) is 3.45. The van der Waals surface area contributed by atoms with Gasteiger partial charge in [-0.15, -0.1) is 0 Å². The van der Waals surface area contributed by atoms with Crippen molar-refractivity contribution < 1.29 is 14.3 Å². The summed E-state index contributed by atoms with van der Waals surface area (Å²) < 4.78 is 5.15. The average Bonchev–Trinajstić information content (AvgIpc) is 2.77. The average molecular weight is 381 g/mol. The van der Waals surface area contributed by atoms with E-state index >= 15 is 0 Å². The van der Waals surface area contributed by atoms with Crippen LogP contribution in [0.5, 0.6) is 5.75 Å². The lowest BCUT2D eigenvalue weighted by molar-refractivity contribution is -0.127. The van der Waals surface area contributed by atoms with E-state index in [2.05, 4.69) is 4.99 Å². The van der Waals surface area contributed by atoms with Crippen LogP contribution in [0.4, 0.5) is 0 Å². The number of hydrogen-bond donors (Lipinski definition) is 0. The molecule has 0 radical (unpaired) electrons. The van der Waals surface area contributed by atoms with Crippen LogP contribution in [0.1, 0.15) is 11.1 Å². The van der Waals surface area contributed by atoms with Crippen LogP contribution in [0.15, 0.2) is 89.9 Å². The van der Waals surface area contributed by atoms with E-state index in [0.717, 1.165) is 22.1 Å². The lowest BCUT2D eigenvalue weighted by Crippen LogP contribution is -2.40. The zero-order chi connectivity index (χ0) is 20.2. The summed E-state index contributed by atoms with van der Waals surface area (Å²) in [5, 5.41) is 1.41. The standard InChI is InChI=1S/C25H19NO3/c1-29-19-14-11-17(12-15-19)13-16-22(27)24-23(18-7-3-2-4-8-18)20-9-5-6-10-21(20)26-25(24)28/h2-16,24H,1H3/b16-13+. The van der Waals surface area contributed by atoms with E-state index in [-0.39, 0.29) is 5.78 Å². The largest absolute Gasteiger partial charge is 0.497 e. The summed E-state index contributed by atoms with van der Waals surface area (Å²) in [5.41, 5.74) is 2.39. The van der Waals surface area contributed by atoms with Gasteiger partial charge in [0.15, 0.2) is 5.78 Å². The molecule has 142 valence electrons. The molecule has 29 heavy (non-hydrogen) atoms. The maximum Gasteiger partial charge on any atom is 0.261 e. The normalized spacial score (nSPS) is 15.7. The molecule has 1 heterocycles. The summed E-state index contributed by atoms with van der Waals surface area (Å²) in [6.45, 7) is 0. The van der Waals surface area contributed by atoms with Gasteiger partial charge in [-0.1, -0.05) is 66.7 Å². The first-order chi connectivity index (χ1) is 14.2. The van der Waals surface area contributed by atoms with Gasteiger partial charge in [-0.2, -0.15) is 0 Å². The van der Waals surface area contributed by atoms with Gasteiger partial charge in [0.25, 0.3) is 5.91 Å². The predicted molar refractivity (Wildman–Crippen MR) is 112 cm³/mol. The molecule has 0 fully saturated rings. The summed E-state index contributed by atoms with van der Waals surface area (Å²) in [5.74, 6) is -0.942. The number of rotatable bonds is 5. The Morgan fingerprint density at radius 3 is 2.34 bits per heavy atom. The second-order valence-electron chi connectivity index (χ2n) is 6.69. The molecular formula is C25H19NO3. The Labute approximate surface area is 168 Å². The Morgan fingerprint density at radius 2 is 1.62 bits per heavy atom. The molecule has 4 nitrogen and oxygen atoms in total. The van der Waals surface area contributed by atoms with Gasteiger partial charge in [-0.25, -0.2) is 4.99 Å². The fourth-order valence-corrected chi connectivity index (χ4v) is 3.45. The van der Waals surface area contributed by atoms with Gasteiger partial charge in [0, 0.05) is 5.22 Å². The summed E-state index contributed by atoms with van der Waals surface area (Å²) in [6, 6.07) is 24.3. The van der Waals surface area contributed by atoms with E-state index in [9.17, 15) is 9.59 Å². The lowest BCUT2D eigenvalue weighted by atomic mass is 9.85. The summed E-state index contributed by atoms with van der Waals surface area (Å²) in [7, 11) is 1.60. The number of carbonyl (C=O) groups excluding carboxylic acids is 2. The molecule has 1 aliphatic rings. The van der Waals surface area contributed by atoms with E-state index < -0.39 is 11.8 Å². The second kappa shape index (κ2) is 8.07. The van der Waals surface area contributed by atoms with Crippen molar-refractivity contribution in [2.75, 3.05) is 7.11 Å². The highest BCUT2D eigenvalue weighted by Crippen LogP contribution is 2.25. The quantitative estimate of drug-likeness (QED) is 0.504. The van der Waals surface area contributed by atoms with Crippen molar-refractivity contribution >= 4 is 23.3 Å². The van der Waals surface area contributed by atoms with Crippen LogP contribution in [-0.4, -0.2) is 18.8 Å². The number of methoxy groups -OCH3 is 1. The molecule has 4 heteroatoms. The highest BCUT2D eigenvalue weighted by atomic mass is 16.5. The maximum absolute atomic E-state index is 13.1. The van der Waals surface area contributed by atoms with Crippen LogP contribution in [0, 0.1) is 5.92 Å². The number of ketones is 1. The van der Waals surface area contributed by atoms with Crippen LogP contribution in [-0.2, 0) is 9.59 Å². The minimum atomic E-state index is -0.957. The third-order valence-corrected chi connectivity index (χ3v) is 4.89. The van der Waals surface area contributed by atoms with E-state index in [4.69, 9.17) is 4.74 Å². The number of carbonyl (C=O) groups is 2. The first-order valence-electron chi connectivity index (χ1n) is 9.30. The Bertz CT molecular complexity index is 1210. The Hall–Kier alpha value is -3.79. The van der Waals surface area contributed by atoms with Crippen molar-refractivity contribution in [3.63, 3.8) is 0 Å². The molecule has 1 unspecified atom stereocenters. The van der Waals surface area contributed by atoms with Gasteiger partial charge in [-0.05, 0) is 41.0 Å². The molecule has 1 aliphatic heterocycles. The molecule has 0 N–H and O–H groups in total. The molecule has 0 spiro atoms. The van der Waals surface area contributed by atoms with Crippen LogP contribution < -0.4 is 15.3 Å². The van der Waals surface area contributed by atoms with Crippen LogP contribution in [0.25, 0.3) is 11.6 Å². The molecule has 0 aromatic heterocycles. The zero-order valence-electron chi connectivity index (χ0n) is 15.9. The van der Waals surface area contributed by atoms with Crippen LogP contribution >= 0.6 is 0 Å². The smallest absolute Gasteiger partial charge is 0.261 e. The molecule has 1 amide bonds. The molecule has 3 aromatic rings. The molecule has 4 rings (SSSR count). The van der Waals surface area contributed by atoms with E-state index in [1.54, 1.807) is 19.3 Å². The third-order valence-electron chi connectivity index (χ3n) is 4.89. The van der Waals surface area contributed by atoms with Crippen molar-refractivity contribution in [1.82, 2.24) is 0 Å². The highest BCUT2D eigenvalue weighted by Gasteiger charge is 2.32. The Morgan fingerprint density at radius 1 is 0.931 bits per heavy atom. The molecule has 1 atom stereocenters. The number of ether oxygens (including phenoxy) is 1. The maximum atomic E-state index is 13.1. The molecule has 0 bridgehead atoms. The second-order valence-corrected chi connectivity index (χ2v) is 6.69. The molecule has 0 saturated carbocycles. The van der Waals surface area contributed by atoms with Gasteiger partial charge < -0.3 is 4.74 Å². The van der Waals surface area contributed by atoms with E-state index in [1.807, 2.05) is 72.8 Å². The monoisotopic (exact) mass is 381 g/mol. The molecular weight excluding hydrogens is 362 g/mol. The molecule has 3 aromatic carbocycles. The number of hydrogen-bond acceptors (Lipinski definition) is 3. The number of allylic oxidation sites excluding steroid dienone is 1. The first kappa shape index (κ1) is 18.6. The van der Waals surface area contributed by atoms with Gasteiger partial charge in [0.05, 0.1) is 12.5 Å². The number of fused-ring (bicyclic) bond motifs is 1.